The van der Waals surface area contributed by atoms with E-state index in [0.29, 0.717) is 17.3 Å². The summed E-state index contributed by atoms with van der Waals surface area (Å²) < 4.78 is 1.53. The van der Waals surface area contributed by atoms with E-state index < -0.39 is 0 Å². The number of carbonyl (C=O) groups is 1. The van der Waals surface area contributed by atoms with Gasteiger partial charge in [0.15, 0.2) is 0 Å². The van der Waals surface area contributed by atoms with E-state index in [0.717, 1.165) is 18.8 Å². The van der Waals surface area contributed by atoms with Crippen LogP contribution in [0.5, 0.6) is 0 Å². The lowest BCUT2D eigenvalue weighted by atomic mass is 10.3. The van der Waals surface area contributed by atoms with Crippen molar-refractivity contribution in [2.75, 3.05) is 23.3 Å². The van der Waals surface area contributed by atoms with Gasteiger partial charge in [0.1, 0.15) is 5.69 Å². The van der Waals surface area contributed by atoms with Gasteiger partial charge in [-0.3, -0.25) is 9.78 Å². The summed E-state index contributed by atoms with van der Waals surface area (Å²) in [7, 11) is 0. The molecule has 1 saturated heterocycles. The molecule has 126 valence electrons. The van der Waals surface area contributed by atoms with Gasteiger partial charge in [0, 0.05) is 19.3 Å². The zero-order valence-electron chi connectivity index (χ0n) is 13.5. The molecule has 0 atom stereocenters. The van der Waals surface area contributed by atoms with Crippen LogP contribution in [0, 0.1) is 0 Å². The van der Waals surface area contributed by atoms with Gasteiger partial charge >= 0.3 is 0 Å². The number of hydrogen-bond acceptors (Lipinski definition) is 6. The lowest BCUT2D eigenvalue weighted by molar-refractivity contribution is 0.102. The molecule has 0 aliphatic carbocycles. The smallest absolute Gasteiger partial charge is 0.274 e. The second-order valence-corrected chi connectivity index (χ2v) is 5.78. The Labute approximate surface area is 144 Å². The number of pyridine rings is 1. The fraction of sp³-hybridized carbons (Fsp3) is 0.235. The van der Waals surface area contributed by atoms with Crippen molar-refractivity contribution in [1.29, 1.82) is 0 Å². The lowest BCUT2D eigenvalue weighted by Crippen LogP contribution is -2.18. The first-order valence-electron chi connectivity index (χ1n) is 8.14. The average Bonchev–Trinajstić information content (AvgIpc) is 3.35. The van der Waals surface area contributed by atoms with Crippen LogP contribution in [0.1, 0.15) is 23.3 Å². The number of nitrogens with zero attached hydrogens (tertiary/aromatic N) is 6. The summed E-state index contributed by atoms with van der Waals surface area (Å²) in [4.78, 5) is 27.1. The molecule has 1 amide bonds. The number of anilines is 2. The van der Waals surface area contributed by atoms with Crippen molar-refractivity contribution in [1.82, 2.24) is 24.7 Å². The van der Waals surface area contributed by atoms with Gasteiger partial charge < -0.3 is 10.2 Å². The normalized spacial score (nSPS) is 13.8. The minimum atomic E-state index is -0.287. The molecule has 1 aliphatic rings. The van der Waals surface area contributed by atoms with Crippen LogP contribution in [0.3, 0.4) is 0 Å². The Morgan fingerprint density at radius 2 is 1.84 bits per heavy atom. The van der Waals surface area contributed by atoms with Crippen molar-refractivity contribution >= 4 is 17.3 Å². The Balaban J connectivity index is 1.46. The largest absolute Gasteiger partial charge is 0.369 e. The molecule has 3 aromatic rings. The van der Waals surface area contributed by atoms with Gasteiger partial charge in [0.2, 0.25) is 0 Å². The highest BCUT2D eigenvalue weighted by Gasteiger charge is 2.14. The van der Waals surface area contributed by atoms with Crippen LogP contribution >= 0.6 is 0 Å². The minimum Gasteiger partial charge on any atom is -0.369 e. The van der Waals surface area contributed by atoms with Gasteiger partial charge in [-0.2, -0.15) is 5.10 Å². The maximum absolute atomic E-state index is 12.1. The van der Waals surface area contributed by atoms with E-state index in [1.165, 1.54) is 17.5 Å². The highest BCUT2D eigenvalue weighted by molar-refractivity contribution is 6.02. The van der Waals surface area contributed by atoms with Crippen LogP contribution in [0.2, 0.25) is 0 Å². The summed E-state index contributed by atoms with van der Waals surface area (Å²) in [6.45, 7) is 2.10. The van der Waals surface area contributed by atoms with Crippen LogP contribution < -0.4 is 10.2 Å². The van der Waals surface area contributed by atoms with Crippen LogP contribution in [0.15, 0.2) is 49.2 Å². The molecule has 0 aromatic carbocycles. The van der Waals surface area contributed by atoms with Crippen molar-refractivity contribution in [3.05, 3.63) is 54.9 Å². The summed E-state index contributed by atoms with van der Waals surface area (Å²) >= 11 is 0. The number of aromatic nitrogens is 5. The summed E-state index contributed by atoms with van der Waals surface area (Å²) in [5, 5.41) is 6.96. The van der Waals surface area contributed by atoms with E-state index in [9.17, 15) is 4.79 Å². The Morgan fingerprint density at radius 3 is 2.56 bits per heavy atom. The molecule has 1 fully saturated rings. The highest BCUT2D eigenvalue weighted by atomic mass is 16.1. The average molecular weight is 335 g/mol. The van der Waals surface area contributed by atoms with E-state index in [-0.39, 0.29) is 5.91 Å². The standard InChI is InChI=1S/C17H17N7O/c25-16(15-5-1-2-6-18-15)22-13-9-21-24(12-13)17-19-10-14(11-20-17)23-7-3-4-8-23/h1-2,5-6,9-12H,3-4,7-8H2,(H,22,25). The van der Waals surface area contributed by atoms with Crippen molar-refractivity contribution in [2.45, 2.75) is 12.8 Å². The Morgan fingerprint density at radius 1 is 1.04 bits per heavy atom. The molecule has 8 heteroatoms. The van der Waals surface area contributed by atoms with Gasteiger partial charge in [-0.25, -0.2) is 14.6 Å². The summed E-state index contributed by atoms with van der Waals surface area (Å²) in [5.74, 6) is 0.173. The van der Waals surface area contributed by atoms with Crippen molar-refractivity contribution in [3.8, 4) is 5.95 Å². The fourth-order valence-electron chi connectivity index (χ4n) is 2.76. The molecule has 1 N–H and O–H groups in total. The van der Waals surface area contributed by atoms with E-state index in [2.05, 4.69) is 30.3 Å². The predicted octanol–water partition coefficient (Wildman–Crippen LogP) is 1.91. The quantitative estimate of drug-likeness (QED) is 0.783. The number of nitrogens with one attached hydrogen (secondary N) is 1. The number of carbonyl (C=O) groups excluding carboxylic acids is 1. The van der Waals surface area contributed by atoms with Crippen LogP contribution in [0.4, 0.5) is 11.4 Å². The van der Waals surface area contributed by atoms with Crippen LogP contribution in [-0.4, -0.2) is 43.7 Å². The fourth-order valence-corrected chi connectivity index (χ4v) is 2.76. The SMILES string of the molecule is O=C(Nc1cnn(-c2ncc(N3CCCC3)cn2)c1)c1ccccn1. The monoisotopic (exact) mass is 335 g/mol. The Bertz CT molecular complexity index is 854. The molecule has 8 nitrogen and oxygen atoms in total. The Hall–Kier alpha value is -3.29. The topological polar surface area (TPSA) is 88.8 Å². The van der Waals surface area contributed by atoms with E-state index in [4.69, 9.17) is 0 Å². The number of hydrogen-bond donors (Lipinski definition) is 1. The number of rotatable bonds is 4. The van der Waals surface area contributed by atoms with E-state index in [1.54, 1.807) is 36.8 Å². The van der Waals surface area contributed by atoms with Crippen molar-refractivity contribution in [3.63, 3.8) is 0 Å². The molecule has 4 rings (SSSR count). The molecular formula is C17H17N7O. The molecule has 0 saturated carbocycles. The summed E-state index contributed by atoms with van der Waals surface area (Å²) in [6, 6.07) is 5.18. The molecule has 1 aliphatic heterocycles. The van der Waals surface area contributed by atoms with Crippen LogP contribution in [-0.2, 0) is 0 Å². The highest BCUT2D eigenvalue weighted by Crippen LogP contribution is 2.18. The zero-order chi connectivity index (χ0) is 17.1. The van der Waals surface area contributed by atoms with E-state index >= 15 is 0 Å². The molecular weight excluding hydrogens is 318 g/mol. The van der Waals surface area contributed by atoms with Gasteiger partial charge in [-0.05, 0) is 25.0 Å². The van der Waals surface area contributed by atoms with Gasteiger partial charge in [-0.1, -0.05) is 6.07 Å². The zero-order valence-corrected chi connectivity index (χ0v) is 13.5. The molecule has 25 heavy (non-hydrogen) atoms. The van der Waals surface area contributed by atoms with Crippen molar-refractivity contribution < 1.29 is 4.79 Å². The summed E-state index contributed by atoms with van der Waals surface area (Å²) in [5.41, 5.74) is 1.93. The minimum absolute atomic E-state index is 0.287. The second kappa shape index (κ2) is 6.68. The molecule has 0 bridgehead atoms. The lowest BCUT2D eigenvalue weighted by Gasteiger charge is -2.16. The van der Waals surface area contributed by atoms with Crippen LogP contribution in [0.25, 0.3) is 5.95 Å². The predicted molar refractivity (Wildman–Crippen MR) is 92.8 cm³/mol. The molecule has 0 spiro atoms. The third-order valence-corrected chi connectivity index (χ3v) is 4.04. The van der Waals surface area contributed by atoms with Gasteiger partial charge in [0.05, 0.1) is 36.2 Å². The first kappa shape index (κ1) is 15.3. The van der Waals surface area contributed by atoms with E-state index in [1.807, 2.05) is 12.4 Å². The first-order valence-corrected chi connectivity index (χ1v) is 8.14. The molecule has 0 radical (unpaired) electrons. The Kier molecular flexibility index (Phi) is 4.07. The van der Waals surface area contributed by atoms with Gasteiger partial charge in [-0.15, -0.1) is 0 Å². The third kappa shape index (κ3) is 3.32. The second-order valence-electron chi connectivity index (χ2n) is 5.78. The summed E-state index contributed by atoms with van der Waals surface area (Å²) in [6.07, 6.45) is 10.8. The third-order valence-electron chi connectivity index (χ3n) is 4.04. The maximum Gasteiger partial charge on any atom is 0.274 e. The number of amides is 1. The maximum atomic E-state index is 12.1. The first-order chi connectivity index (χ1) is 12.3. The van der Waals surface area contributed by atoms with Gasteiger partial charge in [0.25, 0.3) is 11.9 Å². The van der Waals surface area contributed by atoms with Crippen molar-refractivity contribution in [2.24, 2.45) is 0 Å². The molecule has 0 unspecified atom stereocenters. The molecule has 3 aromatic heterocycles. The molecule has 4 heterocycles.